The van der Waals surface area contributed by atoms with Crippen molar-refractivity contribution < 1.29 is 4.74 Å². The zero-order valence-electron chi connectivity index (χ0n) is 18.2. The summed E-state index contributed by atoms with van der Waals surface area (Å²) in [6.07, 6.45) is 1.84. The van der Waals surface area contributed by atoms with Crippen LogP contribution in [0.25, 0.3) is 0 Å². The summed E-state index contributed by atoms with van der Waals surface area (Å²) in [7, 11) is 0. The van der Waals surface area contributed by atoms with Crippen LogP contribution in [-0.4, -0.2) is 34.4 Å². The van der Waals surface area contributed by atoms with E-state index in [0.29, 0.717) is 0 Å². The number of fused-ring (bicyclic) bond motifs is 1. The molecule has 2 heterocycles. The Bertz CT molecular complexity index is 830. The highest BCUT2D eigenvalue weighted by atomic mass is 127. The third-order valence-electron chi connectivity index (χ3n) is 4.93. The predicted molar refractivity (Wildman–Crippen MR) is 129 cm³/mol. The quantitative estimate of drug-likeness (QED) is 0.262. The van der Waals surface area contributed by atoms with Crippen molar-refractivity contribution in [2.24, 2.45) is 4.99 Å². The molecule has 0 radical (unpaired) electrons. The van der Waals surface area contributed by atoms with Crippen LogP contribution in [0.4, 0.5) is 0 Å². The number of hydrogen-bond donors (Lipinski definition) is 2. The van der Waals surface area contributed by atoms with Crippen molar-refractivity contribution in [2.45, 2.75) is 65.6 Å². The van der Waals surface area contributed by atoms with Crippen LogP contribution in [0.5, 0.6) is 5.75 Å². The summed E-state index contributed by atoms with van der Waals surface area (Å²) in [5.74, 6) is 1.81. The number of rotatable bonds is 6. The number of aliphatic imine (C=N–C) groups is 1. The zero-order valence-corrected chi connectivity index (χ0v) is 20.5. The summed E-state index contributed by atoms with van der Waals surface area (Å²) in [4.78, 5) is 4.79. The molecule has 1 unspecified atom stereocenters. The maximum Gasteiger partial charge on any atom is 0.191 e. The molecule has 0 saturated heterocycles. The van der Waals surface area contributed by atoms with Gasteiger partial charge in [-0.25, -0.2) is 0 Å². The minimum atomic E-state index is -0.210. The highest BCUT2D eigenvalue weighted by Crippen LogP contribution is 2.39. The van der Waals surface area contributed by atoms with Crippen LogP contribution in [0.2, 0.25) is 0 Å². The fraction of sp³-hybridized carbons (Fsp3) is 0.545. The van der Waals surface area contributed by atoms with Gasteiger partial charge in [-0.3, -0.25) is 9.67 Å². The van der Waals surface area contributed by atoms with Gasteiger partial charge >= 0.3 is 0 Å². The van der Waals surface area contributed by atoms with Gasteiger partial charge in [-0.05, 0) is 53.2 Å². The van der Waals surface area contributed by atoms with Crippen molar-refractivity contribution >= 4 is 29.9 Å². The number of nitrogens with one attached hydrogen (secondary N) is 2. The molecule has 2 N–H and O–H groups in total. The molecule has 0 amide bonds. The number of nitrogens with zero attached hydrogens (tertiary/aromatic N) is 3. The second kappa shape index (κ2) is 10.3. The lowest BCUT2D eigenvalue weighted by Gasteiger charge is -2.38. The summed E-state index contributed by atoms with van der Waals surface area (Å²) in [5, 5.41) is 11.5. The van der Waals surface area contributed by atoms with Gasteiger partial charge < -0.3 is 15.4 Å². The number of aromatic nitrogens is 2. The van der Waals surface area contributed by atoms with Crippen LogP contribution in [0.3, 0.4) is 0 Å². The van der Waals surface area contributed by atoms with Gasteiger partial charge in [0.2, 0.25) is 0 Å². The number of halogens is 1. The topological polar surface area (TPSA) is 63.5 Å². The molecule has 6 nitrogen and oxygen atoms in total. The molecule has 3 rings (SSSR count). The van der Waals surface area contributed by atoms with Crippen LogP contribution in [0.15, 0.2) is 35.3 Å². The van der Waals surface area contributed by atoms with Crippen molar-refractivity contribution in [3.63, 3.8) is 0 Å². The Hall–Kier alpha value is -1.77. The van der Waals surface area contributed by atoms with Gasteiger partial charge in [-0.1, -0.05) is 18.2 Å². The molecule has 0 aliphatic carbocycles. The number of para-hydroxylation sites is 1. The van der Waals surface area contributed by atoms with E-state index in [1.165, 1.54) is 11.3 Å². The molecule has 160 valence electrons. The second-order valence-electron chi connectivity index (χ2n) is 8.07. The Morgan fingerprint density at radius 1 is 1.31 bits per heavy atom. The Balaban J connectivity index is 0.00000300. The van der Waals surface area contributed by atoms with E-state index in [2.05, 4.69) is 66.3 Å². The van der Waals surface area contributed by atoms with E-state index in [1.54, 1.807) is 0 Å². The third-order valence-corrected chi connectivity index (χ3v) is 4.93. The van der Waals surface area contributed by atoms with E-state index in [1.807, 2.05) is 19.1 Å². The molecular formula is C22H34IN5O. The summed E-state index contributed by atoms with van der Waals surface area (Å²) < 4.78 is 8.20. The number of hydrogen-bond acceptors (Lipinski definition) is 3. The maximum absolute atomic E-state index is 6.14. The molecule has 29 heavy (non-hydrogen) atoms. The molecule has 1 atom stereocenters. The van der Waals surface area contributed by atoms with Crippen molar-refractivity contribution in [1.82, 2.24) is 20.4 Å². The van der Waals surface area contributed by atoms with Gasteiger partial charge in [0.25, 0.3) is 0 Å². The van der Waals surface area contributed by atoms with Crippen LogP contribution in [0.1, 0.15) is 56.6 Å². The van der Waals surface area contributed by atoms with Crippen molar-refractivity contribution in [1.29, 1.82) is 0 Å². The highest BCUT2D eigenvalue weighted by Gasteiger charge is 2.33. The van der Waals surface area contributed by atoms with Gasteiger partial charge in [0, 0.05) is 37.3 Å². The van der Waals surface area contributed by atoms with E-state index < -0.39 is 0 Å². The minimum absolute atomic E-state index is 0. The molecule has 1 aromatic heterocycles. The fourth-order valence-corrected chi connectivity index (χ4v) is 3.73. The Morgan fingerprint density at radius 3 is 2.76 bits per heavy atom. The normalized spacial score (nSPS) is 17.7. The van der Waals surface area contributed by atoms with E-state index in [0.717, 1.165) is 49.9 Å². The van der Waals surface area contributed by atoms with E-state index in [-0.39, 0.29) is 35.6 Å². The first-order valence-corrected chi connectivity index (χ1v) is 10.2. The van der Waals surface area contributed by atoms with Gasteiger partial charge in [0.15, 0.2) is 5.96 Å². The molecule has 1 aliphatic heterocycles. The molecule has 0 saturated carbocycles. The van der Waals surface area contributed by atoms with Gasteiger partial charge in [0.05, 0.1) is 11.7 Å². The van der Waals surface area contributed by atoms with Gasteiger partial charge in [-0.2, -0.15) is 5.10 Å². The minimum Gasteiger partial charge on any atom is -0.487 e. The van der Waals surface area contributed by atoms with Crippen LogP contribution in [-0.2, 0) is 6.54 Å². The Kier molecular flexibility index (Phi) is 8.36. The van der Waals surface area contributed by atoms with E-state index >= 15 is 0 Å². The lowest BCUT2D eigenvalue weighted by atomic mass is 9.90. The summed E-state index contributed by atoms with van der Waals surface area (Å²) in [5.41, 5.74) is 3.25. The average Bonchev–Trinajstić information content (AvgIpc) is 2.95. The third kappa shape index (κ3) is 6.35. The van der Waals surface area contributed by atoms with Crippen LogP contribution < -0.4 is 15.4 Å². The van der Waals surface area contributed by atoms with Crippen molar-refractivity contribution in [2.75, 3.05) is 13.1 Å². The molecule has 1 aromatic carbocycles. The van der Waals surface area contributed by atoms with E-state index in [4.69, 9.17) is 9.73 Å². The largest absolute Gasteiger partial charge is 0.487 e. The molecule has 0 bridgehead atoms. The van der Waals surface area contributed by atoms with Crippen molar-refractivity contribution in [3.05, 3.63) is 47.3 Å². The number of ether oxygens (including phenoxy) is 1. The maximum atomic E-state index is 6.14. The Labute approximate surface area is 191 Å². The highest BCUT2D eigenvalue weighted by molar-refractivity contribution is 14.0. The molecule has 0 spiro atoms. The standard InChI is InChI=1S/C22H33N5O.HI/c1-6-23-21(24-12-9-13-27-17(3)14-16(2)26-27)25-19-15-22(4,5)28-20-11-8-7-10-18(19)20;/h7-8,10-11,14,19H,6,9,12-13,15H2,1-5H3,(H2,23,24,25);1H. The van der Waals surface area contributed by atoms with Crippen LogP contribution in [0, 0.1) is 13.8 Å². The van der Waals surface area contributed by atoms with Crippen LogP contribution >= 0.6 is 24.0 Å². The van der Waals surface area contributed by atoms with Gasteiger partial charge in [0.1, 0.15) is 11.4 Å². The van der Waals surface area contributed by atoms with Gasteiger partial charge in [-0.15, -0.1) is 24.0 Å². The molecular weight excluding hydrogens is 477 g/mol. The molecule has 0 fully saturated rings. The Morgan fingerprint density at radius 2 is 2.07 bits per heavy atom. The predicted octanol–water partition coefficient (Wildman–Crippen LogP) is 4.37. The summed E-state index contributed by atoms with van der Waals surface area (Å²) in [6.45, 7) is 13.0. The first-order valence-electron chi connectivity index (χ1n) is 10.2. The first kappa shape index (κ1) is 23.5. The monoisotopic (exact) mass is 511 g/mol. The lowest BCUT2D eigenvalue weighted by Crippen LogP contribution is -2.45. The zero-order chi connectivity index (χ0) is 20.1. The average molecular weight is 511 g/mol. The lowest BCUT2D eigenvalue weighted by molar-refractivity contribution is 0.0694. The van der Waals surface area contributed by atoms with E-state index in [9.17, 15) is 0 Å². The number of benzene rings is 1. The SMILES string of the molecule is CCNC(=NCCCn1nc(C)cc1C)NC1CC(C)(C)Oc2ccccc21.I. The summed E-state index contributed by atoms with van der Waals surface area (Å²) >= 11 is 0. The fourth-order valence-electron chi connectivity index (χ4n) is 3.73. The summed E-state index contributed by atoms with van der Waals surface area (Å²) in [6, 6.07) is 10.6. The van der Waals surface area contributed by atoms with Crippen molar-refractivity contribution in [3.8, 4) is 5.75 Å². The number of guanidine groups is 1. The molecule has 2 aromatic rings. The number of aryl methyl sites for hydroxylation is 3. The molecule has 7 heteroatoms. The first-order chi connectivity index (χ1) is 13.4. The molecule has 1 aliphatic rings. The second-order valence-corrected chi connectivity index (χ2v) is 8.07. The smallest absolute Gasteiger partial charge is 0.191 e.